The Labute approximate surface area is 80.7 Å². The minimum atomic E-state index is -0.00634. The number of rotatable bonds is 4. The van der Waals surface area contributed by atoms with Gasteiger partial charge in [-0.1, -0.05) is 32.6 Å². The van der Waals surface area contributed by atoms with Crippen molar-refractivity contribution in [2.24, 2.45) is 5.92 Å². The van der Waals surface area contributed by atoms with Crippen LogP contribution in [0.1, 0.15) is 51.9 Å². The summed E-state index contributed by atoms with van der Waals surface area (Å²) in [7, 11) is 0. The molecule has 0 bridgehead atoms. The number of hydrogen-bond acceptors (Lipinski definition) is 2. The average Bonchev–Trinajstić information content (AvgIpc) is 2.19. The Kier molecular flexibility index (Phi) is 4.87. The predicted octanol–water partition coefficient (Wildman–Crippen LogP) is 3.07. The molecule has 0 N–H and O–H groups in total. The summed E-state index contributed by atoms with van der Waals surface area (Å²) in [5.41, 5.74) is 0. The third kappa shape index (κ3) is 3.79. The summed E-state index contributed by atoms with van der Waals surface area (Å²) in [6.07, 6.45) is 7.62. The first-order valence-electron chi connectivity index (χ1n) is 5.36. The quantitative estimate of drug-likeness (QED) is 0.494. The van der Waals surface area contributed by atoms with Gasteiger partial charge in [0.1, 0.15) is 6.61 Å². The smallest absolute Gasteiger partial charge is 0.309 e. The van der Waals surface area contributed by atoms with Gasteiger partial charge >= 0.3 is 5.97 Å². The van der Waals surface area contributed by atoms with Crippen LogP contribution in [0.3, 0.4) is 0 Å². The predicted molar refractivity (Wildman–Crippen MR) is 51.9 cm³/mol. The second-order valence-corrected chi connectivity index (χ2v) is 3.73. The molecule has 0 atom stereocenters. The third-order valence-electron chi connectivity index (χ3n) is 2.54. The molecule has 1 saturated carbocycles. The van der Waals surface area contributed by atoms with E-state index in [-0.39, 0.29) is 11.9 Å². The second-order valence-electron chi connectivity index (χ2n) is 3.73. The van der Waals surface area contributed by atoms with Gasteiger partial charge in [-0.15, -0.1) is 0 Å². The lowest BCUT2D eigenvalue weighted by Crippen LogP contribution is -2.19. The van der Waals surface area contributed by atoms with E-state index in [0.717, 1.165) is 25.7 Å². The van der Waals surface area contributed by atoms with E-state index in [1.165, 1.54) is 19.3 Å². The Bertz CT molecular complexity index is 148. The molecule has 0 aromatic rings. The molecule has 0 amide bonds. The molecule has 2 heteroatoms. The first-order chi connectivity index (χ1) is 6.34. The summed E-state index contributed by atoms with van der Waals surface area (Å²) in [6.45, 7) is 3.72. The molecular weight excluding hydrogens is 164 g/mol. The fourth-order valence-electron chi connectivity index (χ4n) is 1.69. The number of esters is 1. The third-order valence-corrected chi connectivity index (χ3v) is 2.54. The molecule has 0 unspecified atom stereocenters. The molecule has 1 radical (unpaired) electrons. The fourth-order valence-corrected chi connectivity index (χ4v) is 1.69. The van der Waals surface area contributed by atoms with E-state index in [4.69, 9.17) is 4.74 Å². The van der Waals surface area contributed by atoms with Crippen LogP contribution >= 0.6 is 0 Å². The summed E-state index contributed by atoms with van der Waals surface area (Å²) >= 11 is 0. The normalized spacial score (nSPS) is 18.5. The molecule has 0 saturated heterocycles. The maximum Gasteiger partial charge on any atom is 0.309 e. The second kappa shape index (κ2) is 6.01. The van der Waals surface area contributed by atoms with E-state index >= 15 is 0 Å². The van der Waals surface area contributed by atoms with E-state index < -0.39 is 0 Å². The van der Waals surface area contributed by atoms with Crippen LogP contribution in [0.4, 0.5) is 0 Å². The Morgan fingerprint density at radius 3 is 2.69 bits per heavy atom. The minimum absolute atomic E-state index is 0.00634. The first-order valence-corrected chi connectivity index (χ1v) is 5.36. The largest absolute Gasteiger partial charge is 0.458 e. The van der Waals surface area contributed by atoms with Crippen LogP contribution in [0.2, 0.25) is 0 Å². The molecule has 75 valence electrons. The van der Waals surface area contributed by atoms with Crippen LogP contribution in [-0.2, 0) is 9.53 Å². The molecule has 0 heterocycles. The van der Waals surface area contributed by atoms with Crippen molar-refractivity contribution in [2.45, 2.75) is 51.9 Å². The molecule has 2 nitrogen and oxygen atoms in total. The summed E-state index contributed by atoms with van der Waals surface area (Å²) in [5.74, 6) is 0.176. The molecular formula is C11H19O2. The van der Waals surface area contributed by atoms with Gasteiger partial charge in [0, 0.05) is 0 Å². The molecule has 1 aliphatic carbocycles. The van der Waals surface area contributed by atoms with Gasteiger partial charge < -0.3 is 4.74 Å². The van der Waals surface area contributed by atoms with Crippen molar-refractivity contribution >= 4 is 5.97 Å². The maximum atomic E-state index is 11.4. The highest BCUT2D eigenvalue weighted by Gasteiger charge is 2.21. The van der Waals surface area contributed by atoms with Crippen LogP contribution in [-0.4, -0.2) is 5.97 Å². The molecule has 13 heavy (non-hydrogen) atoms. The molecule has 1 rings (SSSR count). The van der Waals surface area contributed by atoms with Gasteiger partial charge in [0.05, 0.1) is 5.92 Å². The van der Waals surface area contributed by atoms with E-state index in [9.17, 15) is 4.79 Å². The Morgan fingerprint density at radius 2 is 2.08 bits per heavy atom. The zero-order valence-corrected chi connectivity index (χ0v) is 8.42. The van der Waals surface area contributed by atoms with E-state index in [1.54, 1.807) is 6.61 Å². The van der Waals surface area contributed by atoms with Gasteiger partial charge in [0.25, 0.3) is 0 Å². The van der Waals surface area contributed by atoms with Crippen LogP contribution in [0.25, 0.3) is 0 Å². The van der Waals surface area contributed by atoms with Gasteiger partial charge in [0.2, 0.25) is 0 Å². The van der Waals surface area contributed by atoms with Crippen molar-refractivity contribution in [3.8, 4) is 0 Å². The Morgan fingerprint density at radius 1 is 1.38 bits per heavy atom. The monoisotopic (exact) mass is 183 g/mol. The van der Waals surface area contributed by atoms with Crippen molar-refractivity contribution < 1.29 is 9.53 Å². The molecule has 0 spiro atoms. The van der Waals surface area contributed by atoms with Crippen LogP contribution in [0, 0.1) is 12.5 Å². The van der Waals surface area contributed by atoms with E-state index in [2.05, 4.69) is 6.92 Å². The zero-order chi connectivity index (χ0) is 9.52. The lowest BCUT2D eigenvalue weighted by molar-refractivity contribution is -0.146. The summed E-state index contributed by atoms with van der Waals surface area (Å²) < 4.78 is 5.06. The molecule has 1 fully saturated rings. The standard InChI is InChI=1S/C11H19O2/c1-2-3-9-13-11(12)10-7-5-4-6-8-10/h9-10H,2-8H2,1H3. The number of carbonyl (C=O) groups is 1. The minimum Gasteiger partial charge on any atom is -0.458 e. The van der Waals surface area contributed by atoms with Crippen LogP contribution in [0.5, 0.6) is 0 Å². The van der Waals surface area contributed by atoms with Crippen LogP contribution in [0.15, 0.2) is 0 Å². The summed E-state index contributed by atoms with van der Waals surface area (Å²) in [5, 5.41) is 0. The fraction of sp³-hybridized carbons (Fsp3) is 0.818. The van der Waals surface area contributed by atoms with Crippen molar-refractivity contribution in [1.82, 2.24) is 0 Å². The highest BCUT2D eigenvalue weighted by molar-refractivity contribution is 5.72. The van der Waals surface area contributed by atoms with Gasteiger partial charge in [-0.2, -0.15) is 0 Å². The number of unbranched alkanes of at least 4 members (excludes halogenated alkanes) is 1. The lowest BCUT2D eigenvalue weighted by Gasteiger charge is -2.19. The van der Waals surface area contributed by atoms with Crippen molar-refractivity contribution in [1.29, 1.82) is 0 Å². The van der Waals surface area contributed by atoms with Gasteiger partial charge in [-0.25, -0.2) is 0 Å². The zero-order valence-electron chi connectivity index (χ0n) is 8.42. The number of ether oxygens (including phenoxy) is 1. The molecule has 0 aromatic carbocycles. The van der Waals surface area contributed by atoms with Crippen molar-refractivity contribution in [3.05, 3.63) is 6.61 Å². The van der Waals surface area contributed by atoms with Gasteiger partial charge in [-0.05, 0) is 19.3 Å². The Hall–Kier alpha value is -0.530. The van der Waals surface area contributed by atoms with Gasteiger partial charge in [-0.3, -0.25) is 4.79 Å². The molecule has 1 aliphatic rings. The van der Waals surface area contributed by atoms with Crippen molar-refractivity contribution in [2.75, 3.05) is 0 Å². The van der Waals surface area contributed by atoms with E-state index in [0.29, 0.717) is 0 Å². The number of carbonyl (C=O) groups excluding carboxylic acids is 1. The highest BCUT2D eigenvalue weighted by Crippen LogP contribution is 2.24. The van der Waals surface area contributed by atoms with Crippen molar-refractivity contribution in [3.63, 3.8) is 0 Å². The number of hydrogen-bond donors (Lipinski definition) is 0. The topological polar surface area (TPSA) is 26.3 Å². The first kappa shape index (κ1) is 10.6. The maximum absolute atomic E-state index is 11.4. The summed E-state index contributed by atoms with van der Waals surface area (Å²) in [4.78, 5) is 11.4. The molecule has 0 aromatic heterocycles. The Balaban J connectivity index is 2.13. The average molecular weight is 183 g/mol. The molecule has 0 aliphatic heterocycles. The van der Waals surface area contributed by atoms with Crippen LogP contribution < -0.4 is 0 Å². The van der Waals surface area contributed by atoms with Gasteiger partial charge in [0.15, 0.2) is 0 Å². The van der Waals surface area contributed by atoms with E-state index in [1.807, 2.05) is 0 Å². The summed E-state index contributed by atoms with van der Waals surface area (Å²) in [6, 6.07) is 0. The lowest BCUT2D eigenvalue weighted by atomic mass is 9.89. The SMILES string of the molecule is CCC[CH]OC(=O)C1CCCCC1. The highest BCUT2D eigenvalue weighted by atomic mass is 16.5.